The Balaban J connectivity index is 5.25. The van der Waals surface area contributed by atoms with Crippen molar-refractivity contribution in [3.63, 3.8) is 0 Å². The Morgan fingerprint density at radius 3 is 0.654 bits per heavy atom. The predicted octanol–water partition coefficient (Wildman–Crippen LogP) is 25.7. The molecule has 104 heavy (non-hydrogen) atoms. The number of carbonyl (C=O) groups excluding carboxylic acids is 4. The van der Waals surface area contributed by atoms with Gasteiger partial charge in [0.1, 0.15) is 19.3 Å². The van der Waals surface area contributed by atoms with Crippen molar-refractivity contribution in [3.05, 3.63) is 0 Å². The molecular weight excluding hydrogens is 1350 g/mol. The van der Waals surface area contributed by atoms with Crippen LogP contribution in [0.3, 0.4) is 0 Å². The molecule has 0 radical (unpaired) electrons. The number of ether oxygens (including phenoxy) is 4. The lowest BCUT2D eigenvalue weighted by Gasteiger charge is -2.21. The van der Waals surface area contributed by atoms with Crippen LogP contribution < -0.4 is 0 Å². The van der Waals surface area contributed by atoms with Gasteiger partial charge in [-0.3, -0.25) is 37.3 Å². The van der Waals surface area contributed by atoms with Gasteiger partial charge in [-0.05, 0) is 43.4 Å². The maximum absolute atomic E-state index is 13.1. The highest BCUT2D eigenvalue weighted by Crippen LogP contribution is 2.45. The van der Waals surface area contributed by atoms with E-state index < -0.39 is 97.5 Å². The van der Waals surface area contributed by atoms with Crippen LogP contribution in [0.4, 0.5) is 0 Å². The minimum absolute atomic E-state index is 0.107. The molecule has 0 aromatic heterocycles. The standard InChI is InChI=1S/C85H166O17P2/c1-8-9-10-11-12-13-14-15-16-17-18-19-20-28-33-38-47-54-61-68-84(89)101-80(72-95-82(87)66-59-52-45-37-32-27-23-21-25-30-35-42-49-56-63-76(2)3)74-99-103(91,92)97-70-79(86)71-98-104(93,94)100-75-81(73-96-83(88)67-60-53-46-41-40-44-51-58-65-78(6)7)102-85(90)69-62-55-48-39-34-29-24-22-26-31-36-43-50-57-64-77(4)5/h76-81,86H,8-75H2,1-7H3,(H,91,92)(H,93,94)/t79-,80-,81-/m1/s1. The van der Waals surface area contributed by atoms with Crippen LogP contribution in [0.5, 0.6) is 0 Å². The fourth-order valence-corrected chi connectivity index (χ4v) is 14.8. The molecule has 5 atom stereocenters. The van der Waals surface area contributed by atoms with Crippen LogP contribution in [-0.2, 0) is 65.4 Å². The Morgan fingerprint density at radius 1 is 0.260 bits per heavy atom. The number of unbranched alkanes of at least 4 members (excludes halogenated alkanes) is 51. The Morgan fingerprint density at radius 2 is 0.442 bits per heavy atom. The van der Waals surface area contributed by atoms with E-state index in [2.05, 4.69) is 48.5 Å². The first-order valence-corrected chi connectivity index (χ1v) is 46.8. The summed E-state index contributed by atoms with van der Waals surface area (Å²) in [7, 11) is -9.93. The molecule has 3 N–H and O–H groups in total. The monoisotopic (exact) mass is 1520 g/mol. The molecule has 0 aliphatic heterocycles. The predicted molar refractivity (Wildman–Crippen MR) is 428 cm³/mol. The Kier molecular flexibility index (Phi) is 73.7. The zero-order chi connectivity index (χ0) is 76.5. The van der Waals surface area contributed by atoms with Gasteiger partial charge in [0.15, 0.2) is 12.2 Å². The molecule has 0 amide bonds. The van der Waals surface area contributed by atoms with Gasteiger partial charge in [-0.15, -0.1) is 0 Å². The lowest BCUT2D eigenvalue weighted by molar-refractivity contribution is -0.161. The third-order valence-corrected chi connectivity index (χ3v) is 21.8. The van der Waals surface area contributed by atoms with Crippen LogP contribution in [-0.4, -0.2) is 96.7 Å². The van der Waals surface area contributed by atoms with Crippen molar-refractivity contribution < 1.29 is 80.2 Å². The molecule has 0 heterocycles. The van der Waals surface area contributed by atoms with Gasteiger partial charge in [0.25, 0.3) is 0 Å². The highest BCUT2D eigenvalue weighted by Gasteiger charge is 2.30. The molecule has 618 valence electrons. The zero-order valence-electron chi connectivity index (χ0n) is 68.5. The van der Waals surface area contributed by atoms with Crippen molar-refractivity contribution in [1.29, 1.82) is 0 Å². The number of aliphatic hydroxyl groups is 1. The Bertz CT molecular complexity index is 2010. The Labute approximate surface area is 638 Å². The van der Waals surface area contributed by atoms with Crippen LogP contribution in [0.25, 0.3) is 0 Å². The fourth-order valence-electron chi connectivity index (χ4n) is 13.2. The average Bonchev–Trinajstić information content (AvgIpc) is 0.908. The van der Waals surface area contributed by atoms with E-state index in [1.807, 2.05) is 0 Å². The van der Waals surface area contributed by atoms with E-state index in [1.54, 1.807) is 0 Å². The van der Waals surface area contributed by atoms with Crippen LogP contribution in [0.1, 0.15) is 447 Å². The first-order valence-electron chi connectivity index (χ1n) is 43.8. The number of hydrogen-bond donors (Lipinski definition) is 3. The van der Waals surface area contributed by atoms with Gasteiger partial charge < -0.3 is 33.8 Å². The molecule has 17 nitrogen and oxygen atoms in total. The molecule has 0 aromatic carbocycles. The molecule has 0 aromatic rings. The average molecular weight is 1520 g/mol. The number of phosphoric acid groups is 2. The van der Waals surface area contributed by atoms with Crippen molar-refractivity contribution in [3.8, 4) is 0 Å². The van der Waals surface area contributed by atoms with Crippen molar-refractivity contribution in [2.75, 3.05) is 39.6 Å². The van der Waals surface area contributed by atoms with Gasteiger partial charge in [0.2, 0.25) is 0 Å². The minimum atomic E-state index is -4.97. The van der Waals surface area contributed by atoms with E-state index in [1.165, 1.54) is 257 Å². The summed E-state index contributed by atoms with van der Waals surface area (Å²) in [6.45, 7) is 12.0. The van der Waals surface area contributed by atoms with Crippen molar-refractivity contribution in [2.45, 2.75) is 465 Å². The molecule has 0 saturated heterocycles. The number of aliphatic hydroxyl groups excluding tert-OH is 1. The molecule has 0 aliphatic carbocycles. The van der Waals surface area contributed by atoms with Gasteiger partial charge in [-0.2, -0.15) is 0 Å². The van der Waals surface area contributed by atoms with Gasteiger partial charge >= 0.3 is 39.5 Å². The first kappa shape index (κ1) is 102. The summed E-state index contributed by atoms with van der Waals surface area (Å²) in [6.07, 6.45) is 65.3. The van der Waals surface area contributed by atoms with E-state index in [4.69, 9.17) is 37.0 Å². The molecule has 19 heteroatoms. The number of carbonyl (C=O) groups is 4. The van der Waals surface area contributed by atoms with Crippen LogP contribution in [0.15, 0.2) is 0 Å². The lowest BCUT2D eigenvalue weighted by Crippen LogP contribution is -2.30. The van der Waals surface area contributed by atoms with E-state index in [0.29, 0.717) is 25.7 Å². The molecule has 0 rings (SSSR count). The molecule has 0 fully saturated rings. The molecule has 0 spiro atoms. The summed E-state index contributed by atoms with van der Waals surface area (Å²) in [5, 5.41) is 10.7. The summed E-state index contributed by atoms with van der Waals surface area (Å²) in [6, 6.07) is 0. The fraction of sp³-hybridized carbons (Fsp3) is 0.953. The van der Waals surface area contributed by atoms with E-state index >= 15 is 0 Å². The van der Waals surface area contributed by atoms with Crippen molar-refractivity contribution >= 4 is 39.5 Å². The second-order valence-corrected chi connectivity index (χ2v) is 34.9. The largest absolute Gasteiger partial charge is 0.472 e. The molecule has 0 aliphatic rings. The third-order valence-electron chi connectivity index (χ3n) is 19.9. The Hall–Kier alpha value is -1.94. The van der Waals surface area contributed by atoms with Crippen molar-refractivity contribution in [2.24, 2.45) is 17.8 Å². The number of phosphoric ester groups is 2. The zero-order valence-corrected chi connectivity index (χ0v) is 70.3. The highest BCUT2D eigenvalue weighted by molar-refractivity contribution is 7.47. The quantitative estimate of drug-likeness (QED) is 0.0222. The van der Waals surface area contributed by atoms with Crippen LogP contribution in [0.2, 0.25) is 0 Å². The smallest absolute Gasteiger partial charge is 0.462 e. The normalized spacial score (nSPS) is 13.9. The first-order chi connectivity index (χ1) is 50.2. The SMILES string of the molecule is CCCCCCCCCCCCCCCCCCCCCC(=O)O[C@H](COC(=O)CCCCCCCCCCCCCCCCC(C)C)COP(=O)(O)OC[C@@H](O)COP(=O)(O)OC[C@@H](COC(=O)CCCCCCCCCCC(C)C)OC(=O)CCCCCCCCCCCCCCCCC(C)C. The maximum Gasteiger partial charge on any atom is 0.472 e. The third kappa shape index (κ3) is 78.2. The van der Waals surface area contributed by atoms with Gasteiger partial charge in [0, 0.05) is 25.7 Å². The highest BCUT2D eigenvalue weighted by atomic mass is 31.2. The van der Waals surface area contributed by atoms with Crippen LogP contribution >= 0.6 is 15.6 Å². The molecule has 0 bridgehead atoms. The second kappa shape index (κ2) is 75.1. The molecule has 0 saturated carbocycles. The van der Waals surface area contributed by atoms with Gasteiger partial charge in [0.05, 0.1) is 26.4 Å². The number of rotatable bonds is 83. The summed E-state index contributed by atoms with van der Waals surface area (Å²) in [5.41, 5.74) is 0. The second-order valence-electron chi connectivity index (χ2n) is 32.0. The lowest BCUT2D eigenvalue weighted by atomic mass is 10.0. The summed E-state index contributed by atoms with van der Waals surface area (Å²) in [4.78, 5) is 73.2. The van der Waals surface area contributed by atoms with Crippen molar-refractivity contribution in [1.82, 2.24) is 0 Å². The number of hydrogen-bond acceptors (Lipinski definition) is 15. The minimum Gasteiger partial charge on any atom is -0.462 e. The topological polar surface area (TPSA) is 237 Å². The molecule has 2 unspecified atom stereocenters. The summed E-state index contributed by atoms with van der Waals surface area (Å²) < 4.78 is 68.9. The van der Waals surface area contributed by atoms with Crippen LogP contribution in [0, 0.1) is 17.8 Å². The summed E-state index contributed by atoms with van der Waals surface area (Å²) in [5.74, 6) is 0.215. The van der Waals surface area contributed by atoms with E-state index in [0.717, 1.165) is 108 Å². The summed E-state index contributed by atoms with van der Waals surface area (Å²) >= 11 is 0. The van der Waals surface area contributed by atoms with E-state index in [9.17, 15) is 43.2 Å². The van der Waals surface area contributed by atoms with Gasteiger partial charge in [-0.1, -0.05) is 395 Å². The maximum atomic E-state index is 13.1. The van der Waals surface area contributed by atoms with E-state index in [-0.39, 0.29) is 25.7 Å². The molecular formula is C85H166O17P2. The van der Waals surface area contributed by atoms with Gasteiger partial charge in [-0.25, -0.2) is 9.13 Å². The number of esters is 4.